The van der Waals surface area contributed by atoms with Gasteiger partial charge in [-0.1, -0.05) is 24.3 Å². The molecule has 110 valence electrons. The number of aryl methyl sites for hydroxylation is 3. The van der Waals surface area contributed by atoms with Crippen LogP contribution in [-0.4, -0.2) is 10.1 Å². The predicted octanol–water partition coefficient (Wildman–Crippen LogP) is 4.05. The monoisotopic (exact) mass is 299 g/mol. The first-order valence-electron chi connectivity index (χ1n) is 7.04. The average molecular weight is 299 g/mol. The molecule has 0 radical (unpaired) electrons. The summed E-state index contributed by atoms with van der Waals surface area (Å²) in [6, 6.07) is 12.4. The molecule has 2 N–H and O–H groups in total. The molecule has 0 saturated heterocycles. The SMILES string of the molecule is Cc1cccc(NC(=S)N[C@H](C)c2ccc(C)c(C)c2)n1. The molecule has 0 saturated carbocycles. The highest BCUT2D eigenvalue weighted by Gasteiger charge is 2.08. The summed E-state index contributed by atoms with van der Waals surface area (Å²) in [6.07, 6.45) is 0. The fourth-order valence-corrected chi connectivity index (χ4v) is 2.36. The summed E-state index contributed by atoms with van der Waals surface area (Å²) in [4.78, 5) is 4.38. The van der Waals surface area contributed by atoms with Gasteiger partial charge in [0.15, 0.2) is 5.11 Å². The molecule has 1 atom stereocenters. The molecule has 3 nitrogen and oxygen atoms in total. The predicted molar refractivity (Wildman–Crippen MR) is 92.7 cm³/mol. The molecule has 21 heavy (non-hydrogen) atoms. The Morgan fingerprint density at radius 3 is 2.52 bits per heavy atom. The van der Waals surface area contributed by atoms with E-state index in [1.807, 2.05) is 25.1 Å². The number of hydrogen-bond donors (Lipinski definition) is 2. The number of thiocarbonyl (C=S) groups is 1. The molecule has 1 aromatic carbocycles. The number of aromatic nitrogens is 1. The molecular weight excluding hydrogens is 278 g/mol. The van der Waals surface area contributed by atoms with Crippen LogP contribution >= 0.6 is 12.2 Å². The molecule has 1 heterocycles. The van der Waals surface area contributed by atoms with E-state index in [-0.39, 0.29) is 6.04 Å². The largest absolute Gasteiger partial charge is 0.356 e. The van der Waals surface area contributed by atoms with Crippen LogP contribution in [0.4, 0.5) is 5.82 Å². The van der Waals surface area contributed by atoms with E-state index in [0.29, 0.717) is 5.11 Å². The zero-order chi connectivity index (χ0) is 15.4. The van der Waals surface area contributed by atoms with E-state index in [1.165, 1.54) is 16.7 Å². The van der Waals surface area contributed by atoms with Crippen LogP contribution in [0.1, 0.15) is 35.3 Å². The highest BCUT2D eigenvalue weighted by Crippen LogP contribution is 2.17. The number of rotatable bonds is 3. The smallest absolute Gasteiger partial charge is 0.172 e. The van der Waals surface area contributed by atoms with Crippen LogP contribution in [0.3, 0.4) is 0 Å². The Hall–Kier alpha value is -1.94. The molecule has 0 aliphatic heterocycles. The van der Waals surface area contributed by atoms with Gasteiger partial charge < -0.3 is 10.6 Å². The van der Waals surface area contributed by atoms with Crippen molar-refractivity contribution in [1.29, 1.82) is 0 Å². The van der Waals surface area contributed by atoms with Gasteiger partial charge in [0, 0.05) is 5.69 Å². The van der Waals surface area contributed by atoms with Gasteiger partial charge in [-0.05, 0) is 68.7 Å². The molecule has 0 unspecified atom stereocenters. The van der Waals surface area contributed by atoms with Crippen molar-refractivity contribution in [2.24, 2.45) is 0 Å². The van der Waals surface area contributed by atoms with E-state index in [0.717, 1.165) is 11.5 Å². The summed E-state index contributed by atoms with van der Waals surface area (Å²) < 4.78 is 0. The zero-order valence-electron chi connectivity index (χ0n) is 12.9. The molecule has 2 rings (SSSR count). The van der Waals surface area contributed by atoms with Gasteiger partial charge in [-0.3, -0.25) is 0 Å². The molecule has 4 heteroatoms. The topological polar surface area (TPSA) is 37.0 Å². The summed E-state index contributed by atoms with van der Waals surface area (Å²) in [5, 5.41) is 6.99. The molecule has 0 spiro atoms. The van der Waals surface area contributed by atoms with Crippen LogP contribution in [0, 0.1) is 20.8 Å². The maximum Gasteiger partial charge on any atom is 0.172 e. The van der Waals surface area contributed by atoms with Gasteiger partial charge in [-0.25, -0.2) is 4.98 Å². The maximum atomic E-state index is 5.35. The van der Waals surface area contributed by atoms with E-state index >= 15 is 0 Å². The fourth-order valence-electron chi connectivity index (χ4n) is 2.08. The van der Waals surface area contributed by atoms with Crippen molar-refractivity contribution in [3.63, 3.8) is 0 Å². The average Bonchev–Trinajstić information content (AvgIpc) is 2.41. The number of pyridine rings is 1. The third-order valence-corrected chi connectivity index (χ3v) is 3.73. The van der Waals surface area contributed by atoms with Crippen molar-refractivity contribution in [1.82, 2.24) is 10.3 Å². The van der Waals surface area contributed by atoms with Gasteiger partial charge in [0.2, 0.25) is 0 Å². The zero-order valence-corrected chi connectivity index (χ0v) is 13.7. The second kappa shape index (κ2) is 6.68. The van der Waals surface area contributed by atoms with Gasteiger partial charge in [-0.15, -0.1) is 0 Å². The molecule has 0 amide bonds. The van der Waals surface area contributed by atoms with Gasteiger partial charge in [0.25, 0.3) is 0 Å². The lowest BCUT2D eigenvalue weighted by molar-refractivity contribution is 0.721. The minimum atomic E-state index is 0.147. The van der Waals surface area contributed by atoms with Crippen LogP contribution in [-0.2, 0) is 0 Å². The summed E-state index contributed by atoms with van der Waals surface area (Å²) in [6.45, 7) is 8.30. The van der Waals surface area contributed by atoms with Crippen LogP contribution in [0.15, 0.2) is 36.4 Å². The molecule has 1 aromatic heterocycles. The Bertz CT molecular complexity index is 652. The summed E-state index contributed by atoms with van der Waals surface area (Å²) >= 11 is 5.35. The Labute approximate surface area is 131 Å². The lowest BCUT2D eigenvalue weighted by Crippen LogP contribution is -2.31. The molecule has 0 aliphatic rings. The van der Waals surface area contributed by atoms with E-state index in [2.05, 4.69) is 54.6 Å². The summed E-state index contributed by atoms with van der Waals surface area (Å²) in [7, 11) is 0. The van der Waals surface area contributed by atoms with Crippen molar-refractivity contribution in [3.8, 4) is 0 Å². The Morgan fingerprint density at radius 1 is 1.10 bits per heavy atom. The van der Waals surface area contributed by atoms with Gasteiger partial charge in [-0.2, -0.15) is 0 Å². The quantitative estimate of drug-likeness (QED) is 0.838. The van der Waals surface area contributed by atoms with Crippen molar-refractivity contribution in [2.75, 3.05) is 5.32 Å². The second-order valence-corrected chi connectivity index (χ2v) is 5.74. The first kappa shape index (κ1) is 15.4. The number of hydrogen-bond acceptors (Lipinski definition) is 2. The van der Waals surface area contributed by atoms with Crippen molar-refractivity contribution in [3.05, 3.63) is 58.8 Å². The number of anilines is 1. The van der Waals surface area contributed by atoms with Crippen LogP contribution in [0.5, 0.6) is 0 Å². The minimum absolute atomic E-state index is 0.147. The van der Waals surface area contributed by atoms with Crippen molar-refractivity contribution >= 4 is 23.1 Å². The minimum Gasteiger partial charge on any atom is -0.356 e. The maximum absolute atomic E-state index is 5.35. The molecule has 0 aliphatic carbocycles. The van der Waals surface area contributed by atoms with Crippen molar-refractivity contribution < 1.29 is 0 Å². The highest BCUT2D eigenvalue weighted by atomic mass is 32.1. The number of benzene rings is 1. The van der Waals surface area contributed by atoms with Gasteiger partial charge in [0.05, 0.1) is 6.04 Å². The lowest BCUT2D eigenvalue weighted by atomic mass is 10.0. The third-order valence-electron chi connectivity index (χ3n) is 3.51. The van der Waals surface area contributed by atoms with E-state index in [1.54, 1.807) is 0 Å². The van der Waals surface area contributed by atoms with Gasteiger partial charge in [0.1, 0.15) is 5.82 Å². The first-order chi connectivity index (χ1) is 9.95. The Balaban J connectivity index is 2.00. The molecule has 0 fully saturated rings. The van der Waals surface area contributed by atoms with Crippen LogP contribution in [0.2, 0.25) is 0 Å². The third kappa shape index (κ3) is 4.26. The highest BCUT2D eigenvalue weighted by molar-refractivity contribution is 7.80. The van der Waals surface area contributed by atoms with E-state index in [9.17, 15) is 0 Å². The Kier molecular flexibility index (Phi) is 4.91. The van der Waals surface area contributed by atoms with E-state index in [4.69, 9.17) is 12.2 Å². The molecule has 2 aromatic rings. The second-order valence-electron chi connectivity index (χ2n) is 5.33. The number of nitrogens with one attached hydrogen (secondary N) is 2. The van der Waals surface area contributed by atoms with Crippen LogP contribution in [0.25, 0.3) is 0 Å². The van der Waals surface area contributed by atoms with Gasteiger partial charge >= 0.3 is 0 Å². The number of nitrogens with zero attached hydrogens (tertiary/aromatic N) is 1. The molecular formula is C17H21N3S. The Morgan fingerprint density at radius 2 is 1.86 bits per heavy atom. The summed E-state index contributed by atoms with van der Waals surface area (Å²) in [5.74, 6) is 0.764. The van der Waals surface area contributed by atoms with Crippen molar-refractivity contribution in [2.45, 2.75) is 33.7 Å². The fraction of sp³-hybridized carbons (Fsp3) is 0.294. The molecule has 0 bridgehead atoms. The standard InChI is InChI=1S/C17H21N3S/c1-11-8-9-15(10-12(11)2)14(4)19-17(21)20-16-7-5-6-13(3)18-16/h5-10,14H,1-4H3,(H2,18,19,20,21)/t14-/m1/s1. The first-order valence-corrected chi connectivity index (χ1v) is 7.45. The van der Waals surface area contributed by atoms with E-state index < -0.39 is 0 Å². The normalized spacial score (nSPS) is 11.8. The lowest BCUT2D eigenvalue weighted by Gasteiger charge is -2.18. The summed E-state index contributed by atoms with van der Waals surface area (Å²) in [5.41, 5.74) is 4.78. The van der Waals surface area contributed by atoms with Crippen LogP contribution < -0.4 is 10.6 Å².